The van der Waals surface area contributed by atoms with E-state index in [0.29, 0.717) is 34.9 Å². The van der Waals surface area contributed by atoms with Crippen LogP contribution < -0.4 is 0 Å². The van der Waals surface area contributed by atoms with E-state index in [9.17, 15) is 0 Å². The average molecular weight is 886 g/mol. The van der Waals surface area contributed by atoms with Crippen LogP contribution in [-0.4, -0.2) is 34.5 Å². The molecule has 7 nitrogen and oxygen atoms in total. The Labute approximate surface area is 400 Å². The number of fused-ring (bicyclic) bond motifs is 3. The lowest BCUT2D eigenvalue weighted by Crippen LogP contribution is -2.07. The molecule has 0 aliphatic heterocycles. The minimum atomic E-state index is 0.517. The minimum absolute atomic E-state index is 0.517. The van der Waals surface area contributed by atoms with E-state index in [4.69, 9.17) is 29.9 Å². The zero-order valence-corrected chi connectivity index (χ0v) is 38.0. The van der Waals surface area contributed by atoms with Crippen molar-refractivity contribution < 1.29 is 0 Å². The molecule has 0 unspecified atom stereocenters. The quantitative estimate of drug-likeness (QED) is 0.144. The molecule has 0 saturated carbocycles. The van der Waals surface area contributed by atoms with Gasteiger partial charge in [0.1, 0.15) is 0 Å². The summed E-state index contributed by atoms with van der Waals surface area (Å²) in [5.74, 6) is 3.32. The van der Waals surface area contributed by atoms with Gasteiger partial charge in [-0.1, -0.05) is 188 Å². The predicted octanol–water partition coefficient (Wildman–Crippen LogP) is 15.1. The Morgan fingerprint density at radius 3 is 0.913 bits per heavy atom. The number of hydrogen-bond acceptors (Lipinski definition) is 6. The summed E-state index contributed by atoms with van der Waals surface area (Å²) in [5.41, 5.74) is 15.1. The van der Waals surface area contributed by atoms with Crippen molar-refractivity contribution >= 4 is 21.8 Å². The molecule has 0 fully saturated rings. The third-order valence-corrected chi connectivity index (χ3v) is 12.8. The molecule has 0 spiro atoms. The van der Waals surface area contributed by atoms with E-state index in [1.807, 2.05) is 121 Å². The van der Waals surface area contributed by atoms with Crippen molar-refractivity contribution in [1.29, 1.82) is 0 Å². The zero-order valence-electron chi connectivity index (χ0n) is 38.0. The predicted molar refractivity (Wildman–Crippen MR) is 281 cm³/mol. The summed E-state index contributed by atoms with van der Waals surface area (Å²) in [7, 11) is 0. The van der Waals surface area contributed by atoms with Gasteiger partial charge in [0.05, 0.1) is 16.7 Å². The summed E-state index contributed by atoms with van der Waals surface area (Å²) in [6.07, 6.45) is 0. The van der Waals surface area contributed by atoms with E-state index in [2.05, 4.69) is 122 Å². The van der Waals surface area contributed by atoms with Crippen LogP contribution in [0.15, 0.2) is 224 Å². The van der Waals surface area contributed by atoms with Crippen LogP contribution >= 0.6 is 0 Å². The van der Waals surface area contributed by atoms with Crippen LogP contribution in [0.1, 0.15) is 11.1 Å². The minimum Gasteiger partial charge on any atom is -0.308 e. The third kappa shape index (κ3) is 7.72. The van der Waals surface area contributed by atoms with E-state index < -0.39 is 0 Å². The molecule has 0 aliphatic rings. The van der Waals surface area contributed by atoms with Crippen LogP contribution in [0.5, 0.6) is 0 Å². The van der Waals surface area contributed by atoms with E-state index in [1.165, 1.54) is 22.3 Å². The number of benzene rings is 9. The Hall–Kier alpha value is -9.20. The van der Waals surface area contributed by atoms with Crippen molar-refractivity contribution in [1.82, 2.24) is 34.5 Å². The van der Waals surface area contributed by atoms with Crippen LogP contribution in [0.4, 0.5) is 0 Å². The van der Waals surface area contributed by atoms with Crippen LogP contribution in [0.25, 0.3) is 118 Å². The van der Waals surface area contributed by atoms with Crippen molar-refractivity contribution in [3.05, 3.63) is 236 Å². The highest BCUT2D eigenvalue weighted by Gasteiger charge is 2.25. The standard InChI is InChI=1S/C62H43N7/c1-40-20-15-17-30-48(40)46-34-36-54-52(38-46)53-39-47(49-31-18-16-21-41(49)2)35-37-55(53)69(54)56-50(61-65-57(42-22-7-3-8-23-42)63-58(66-61)43-24-9-4-10-25-43)32-19-33-51(56)62-67-59(44-26-11-5-12-27-44)64-60(68-62)45-28-13-6-14-29-45/h3-39H,1-2H3. The van der Waals surface area contributed by atoms with E-state index in [0.717, 1.165) is 72.0 Å². The molecule has 0 aliphatic carbocycles. The second kappa shape index (κ2) is 17.5. The highest BCUT2D eigenvalue weighted by Crippen LogP contribution is 2.43. The number of aryl methyl sites for hydroxylation is 2. The molecule has 7 heteroatoms. The fourth-order valence-corrected chi connectivity index (χ4v) is 9.40. The molecule has 3 aromatic heterocycles. The van der Waals surface area contributed by atoms with Crippen LogP contribution in [0.2, 0.25) is 0 Å². The maximum absolute atomic E-state index is 5.33. The Kier molecular flexibility index (Phi) is 10.5. The van der Waals surface area contributed by atoms with Crippen molar-refractivity contribution in [3.8, 4) is 96.3 Å². The summed E-state index contributed by atoms with van der Waals surface area (Å²) in [6.45, 7) is 4.34. The Morgan fingerprint density at radius 1 is 0.261 bits per heavy atom. The van der Waals surface area contributed by atoms with E-state index in [-0.39, 0.29) is 0 Å². The largest absolute Gasteiger partial charge is 0.308 e. The van der Waals surface area contributed by atoms with E-state index >= 15 is 0 Å². The highest BCUT2D eigenvalue weighted by atomic mass is 15.1. The second-order valence-corrected chi connectivity index (χ2v) is 17.2. The molecular formula is C62H43N7. The normalized spacial score (nSPS) is 11.3. The third-order valence-electron chi connectivity index (χ3n) is 12.8. The number of para-hydroxylation sites is 1. The van der Waals surface area contributed by atoms with Gasteiger partial charge in [-0.15, -0.1) is 0 Å². The molecular weight excluding hydrogens is 843 g/mol. The maximum Gasteiger partial charge on any atom is 0.166 e. The average Bonchev–Trinajstić information content (AvgIpc) is 3.74. The molecule has 12 aromatic rings. The molecule has 0 N–H and O–H groups in total. The summed E-state index contributed by atoms with van der Waals surface area (Å²) in [6, 6.07) is 77.5. The molecule has 326 valence electrons. The first-order chi connectivity index (χ1) is 34.0. The Morgan fingerprint density at radius 2 is 0.565 bits per heavy atom. The molecule has 0 bridgehead atoms. The SMILES string of the molecule is Cc1ccccc1-c1ccc2c(c1)c1cc(-c3ccccc3C)ccc1n2-c1c(-c2nc(-c3ccccc3)nc(-c3ccccc3)n2)cccc1-c1nc(-c2ccccc2)nc(-c2ccccc2)n1. The van der Waals surface area contributed by atoms with Gasteiger partial charge in [-0.3, -0.25) is 0 Å². The van der Waals surface area contributed by atoms with Gasteiger partial charge >= 0.3 is 0 Å². The summed E-state index contributed by atoms with van der Waals surface area (Å²) >= 11 is 0. The number of hydrogen-bond donors (Lipinski definition) is 0. The maximum atomic E-state index is 5.33. The van der Waals surface area contributed by atoms with Crippen molar-refractivity contribution in [2.45, 2.75) is 13.8 Å². The molecule has 0 saturated heterocycles. The van der Waals surface area contributed by atoms with Gasteiger partial charge in [0, 0.05) is 44.2 Å². The van der Waals surface area contributed by atoms with Crippen LogP contribution in [0.3, 0.4) is 0 Å². The summed E-state index contributed by atoms with van der Waals surface area (Å²) in [5, 5.41) is 2.22. The van der Waals surface area contributed by atoms with Crippen LogP contribution in [-0.2, 0) is 0 Å². The van der Waals surface area contributed by atoms with Gasteiger partial charge in [0.25, 0.3) is 0 Å². The summed E-state index contributed by atoms with van der Waals surface area (Å²) < 4.78 is 2.36. The molecule has 3 heterocycles. The van der Waals surface area contributed by atoms with Crippen LogP contribution in [0, 0.1) is 13.8 Å². The first-order valence-electron chi connectivity index (χ1n) is 23.1. The van der Waals surface area contributed by atoms with E-state index in [1.54, 1.807) is 0 Å². The lowest BCUT2D eigenvalue weighted by molar-refractivity contribution is 1.05. The van der Waals surface area contributed by atoms with Gasteiger partial charge in [0.2, 0.25) is 0 Å². The first-order valence-corrected chi connectivity index (χ1v) is 23.1. The lowest BCUT2D eigenvalue weighted by Gasteiger charge is -2.19. The summed E-state index contributed by atoms with van der Waals surface area (Å²) in [4.78, 5) is 31.5. The number of rotatable bonds is 9. The first kappa shape index (κ1) is 41.2. The molecule has 9 aromatic carbocycles. The smallest absolute Gasteiger partial charge is 0.166 e. The molecule has 0 atom stereocenters. The monoisotopic (exact) mass is 885 g/mol. The molecule has 69 heavy (non-hydrogen) atoms. The van der Waals surface area contributed by atoms with Crippen molar-refractivity contribution in [2.24, 2.45) is 0 Å². The molecule has 0 radical (unpaired) electrons. The second-order valence-electron chi connectivity index (χ2n) is 17.2. The number of aromatic nitrogens is 7. The van der Waals surface area contributed by atoms with Gasteiger partial charge in [-0.2, -0.15) is 0 Å². The van der Waals surface area contributed by atoms with Crippen molar-refractivity contribution in [2.75, 3.05) is 0 Å². The van der Waals surface area contributed by atoms with Gasteiger partial charge in [-0.25, -0.2) is 29.9 Å². The topological polar surface area (TPSA) is 82.3 Å². The Balaban J connectivity index is 1.21. The highest BCUT2D eigenvalue weighted by molar-refractivity contribution is 6.13. The molecule has 0 amide bonds. The lowest BCUT2D eigenvalue weighted by atomic mass is 9.97. The van der Waals surface area contributed by atoms with Gasteiger partial charge in [-0.05, 0) is 83.6 Å². The van der Waals surface area contributed by atoms with Gasteiger partial charge in [0.15, 0.2) is 34.9 Å². The Bertz CT molecular complexity index is 3490. The van der Waals surface area contributed by atoms with Crippen molar-refractivity contribution in [3.63, 3.8) is 0 Å². The fourth-order valence-electron chi connectivity index (χ4n) is 9.40. The molecule has 12 rings (SSSR count). The fraction of sp³-hybridized carbons (Fsp3) is 0.0323. The van der Waals surface area contributed by atoms with Gasteiger partial charge < -0.3 is 4.57 Å². The number of nitrogens with zero attached hydrogens (tertiary/aromatic N) is 7. The zero-order chi connectivity index (χ0) is 46.3.